The van der Waals surface area contributed by atoms with E-state index in [0.29, 0.717) is 5.54 Å². The van der Waals surface area contributed by atoms with Crippen molar-refractivity contribution in [1.29, 1.82) is 0 Å². The first-order valence-corrected chi connectivity index (χ1v) is 8.69. The van der Waals surface area contributed by atoms with Gasteiger partial charge < -0.3 is 5.11 Å². The number of rotatable bonds is 5. The Morgan fingerprint density at radius 3 is 1.92 bits per heavy atom. The largest absolute Gasteiger partial charge is 0.393 e. The van der Waals surface area contributed by atoms with Crippen LogP contribution < -0.4 is 0 Å². The van der Waals surface area contributed by atoms with Crippen molar-refractivity contribution in [1.82, 2.24) is 0 Å². The smallest absolute Gasteiger partial charge is 0.0542 e. The van der Waals surface area contributed by atoms with Crippen LogP contribution in [0.15, 0.2) is 0 Å². The van der Waals surface area contributed by atoms with Crippen LogP contribution in [0.1, 0.15) is 33.1 Å². The Balaban J connectivity index is 4.22. The summed E-state index contributed by atoms with van der Waals surface area (Å²) >= 11 is 0. The van der Waals surface area contributed by atoms with Crippen molar-refractivity contribution in [3.05, 3.63) is 0 Å². The van der Waals surface area contributed by atoms with E-state index in [9.17, 15) is 5.11 Å². The standard InChI is InChI=1S/C10H24OSi/c1-6-8-10(9(11)7-2)12(3,4)5/h9-11H,6-8H2,1-5H3/t9-,10+/m1/s1. The molecular formula is C10H24OSi. The second-order valence-corrected chi connectivity index (χ2v) is 10.2. The summed E-state index contributed by atoms with van der Waals surface area (Å²) in [5, 5.41) is 9.82. The molecule has 74 valence electrons. The van der Waals surface area contributed by atoms with E-state index in [2.05, 4.69) is 33.5 Å². The van der Waals surface area contributed by atoms with Crippen molar-refractivity contribution in [2.75, 3.05) is 0 Å². The van der Waals surface area contributed by atoms with Gasteiger partial charge in [0.25, 0.3) is 0 Å². The fourth-order valence-corrected chi connectivity index (χ4v) is 4.34. The quantitative estimate of drug-likeness (QED) is 0.657. The second-order valence-electron chi connectivity index (χ2n) is 4.74. The van der Waals surface area contributed by atoms with Crippen LogP contribution in [-0.2, 0) is 0 Å². The Bertz CT molecular complexity index is 117. The monoisotopic (exact) mass is 188 g/mol. The first kappa shape index (κ1) is 12.2. The fourth-order valence-electron chi connectivity index (χ4n) is 1.80. The maximum Gasteiger partial charge on any atom is 0.0542 e. The predicted molar refractivity (Wildman–Crippen MR) is 58.3 cm³/mol. The van der Waals surface area contributed by atoms with Crippen LogP contribution in [0.2, 0.25) is 25.2 Å². The molecule has 0 aliphatic carbocycles. The van der Waals surface area contributed by atoms with Gasteiger partial charge in [-0.3, -0.25) is 0 Å². The molecule has 0 saturated heterocycles. The molecule has 2 heteroatoms. The zero-order chi connectivity index (χ0) is 9.78. The molecule has 0 unspecified atom stereocenters. The normalized spacial score (nSPS) is 17.5. The molecule has 0 aliphatic heterocycles. The fraction of sp³-hybridized carbons (Fsp3) is 1.00. The predicted octanol–water partition coefficient (Wildman–Crippen LogP) is 3.27. The first-order valence-electron chi connectivity index (χ1n) is 5.11. The molecule has 0 aromatic carbocycles. The van der Waals surface area contributed by atoms with Gasteiger partial charge in [0.05, 0.1) is 14.2 Å². The summed E-state index contributed by atoms with van der Waals surface area (Å²) in [6.45, 7) is 11.3. The first-order chi connectivity index (χ1) is 5.43. The Morgan fingerprint density at radius 1 is 1.17 bits per heavy atom. The van der Waals surface area contributed by atoms with E-state index in [4.69, 9.17) is 0 Å². The lowest BCUT2D eigenvalue weighted by Crippen LogP contribution is -2.35. The van der Waals surface area contributed by atoms with E-state index in [1.165, 1.54) is 12.8 Å². The molecule has 0 bridgehead atoms. The van der Waals surface area contributed by atoms with Crippen molar-refractivity contribution in [2.24, 2.45) is 0 Å². The highest BCUT2D eigenvalue weighted by molar-refractivity contribution is 6.77. The molecule has 0 rings (SSSR count). The van der Waals surface area contributed by atoms with Gasteiger partial charge in [-0.15, -0.1) is 0 Å². The minimum absolute atomic E-state index is 0.0587. The Kier molecular flexibility index (Phi) is 5.10. The van der Waals surface area contributed by atoms with Crippen LogP contribution in [0.25, 0.3) is 0 Å². The topological polar surface area (TPSA) is 20.2 Å². The van der Waals surface area contributed by atoms with Gasteiger partial charge in [0.1, 0.15) is 0 Å². The molecule has 1 nitrogen and oxygen atoms in total. The third-order valence-electron chi connectivity index (χ3n) is 2.59. The summed E-state index contributed by atoms with van der Waals surface area (Å²) < 4.78 is 0. The molecule has 0 aromatic heterocycles. The minimum Gasteiger partial charge on any atom is -0.393 e. The van der Waals surface area contributed by atoms with E-state index in [0.717, 1.165) is 6.42 Å². The highest BCUT2D eigenvalue weighted by atomic mass is 28.3. The maximum absolute atomic E-state index is 9.82. The molecule has 0 heterocycles. The lowest BCUT2D eigenvalue weighted by Gasteiger charge is -2.32. The Morgan fingerprint density at radius 2 is 1.67 bits per heavy atom. The highest BCUT2D eigenvalue weighted by Crippen LogP contribution is 2.31. The summed E-state index contributed by atoms with van der Waals surface area (Å²) in [5.41, 5.74) is 0.590. The molecule has 0 saturated carbocycles. The minimum atomic E-state index is -1.14. The molecule has 1 N–H and O–H groups in total. The van der Waals surface area contributed by atoms with Gasteiger partial charge in [-0.2, -0.15) is 0 Å². The van der Waals surface area contributed by atoms with Crippen LogP contribution in [0.4, 0.5) is 0 Å². The van der Waals surface area contributed by atoms with Crippen molar-refractivity contribution < 1.29 is 5.11 Å². The van der Waals surface area contributed by atoms with Gasteiger partial charge in [0.2, 0.25) is 0 Å². The number of hydrogen-bond acceptors (Lipinski definition) is 1. The van der Waals surface area contributed by atoms with Crippen molar-refractivity contribution in [3.63, 3.8) is 0 Å². The van der Waals surface area contributed by atoms with Crippen LogP contribution in [0.3, 0.4) is 0 Å². The summed E-state index contributed by atoms with van der Waals surface area (Å²) in [6.07, 6.45) is 3.25. The number of aliphatic hydroxyl groups excluding tert-OH is 1. The van der Waals surface area contributed by atoms with Gasteiger partial charge in [0.15, 0.2) is 0 Å². The lowest BCUT2D eigenvalue weighted by molar-refractivity contribution is 0.154. The molecule has 0 fully saturated rings. The summed E-state index contributed by atoms with van der Waals surface area (Å²) in [6, 6.07) is 0. The molecule has 0 aromatic rings. The van der Waals surface area contributed by atoms with E-state index in [1.807, 2.05) is 0 Å². The van der Waals surface area contributed by atoms with Gasteiger partial charge >= 0.3 is 0 Å². The third kappa shape index (κ3) is 3.72. The SMILES string of the molecule is CCC[C@@H]([C@H](O)CC)[Si](C)(C)C. The summed E-state index contributed by atoms with van der Waals surface area (Å²) in [4.78, 5) is 0. The van der Waals surface area contributed by atoms with Crippen molar-refractivity contribution in [3.8, 4) is 0 Å². The van der Waals surface area contributed by atoms with Crippen molar-refractivity contribution in [2.45, 2.75) is 64.4 Å². The van der Waals surface area contributed by atoms with Gasteiger partial charge in [-0.25, -0.2) is 0 Å². The summed E-state index contributed by atoms with van der Waals surface area (Å²) in [5.74, 6) is 0. The molecule has 0 aliphatic rings. The average molecular weight is 188 g/mol. The average Bonchev–Trinajstić information content (AvgIpc) is 1.96. The third-order valence-corrected chi connectivity index (χ3v) is 5.49. The van der Waals surface area contributed by atoms with Gasteiger partial charge in [-0.05, 0) is 12.0 Å². The summed E-state index contributed by atoms with van der Waals surface area (Å²) in [7, 11) is -1.14. The Labute approximate surface area is 78.2 Å². The van der Waals surface area contributed by atoms with Crippen LogP contribution in [0, 0.1) is 0 Å². The second kappa shape index (κ2) is 5.03. The molecule has 0 radical (unpaired) electrons. The van der Waals surface area contributed by atoms with E-state index >= 15 is 0 Å². The lowest BCUT2D eigenvalue weighted by atomic mass is 10.1. The number of hydrogen-bond donors (Lipinski definition) is 1. The number of aliphatic hydroxyl groups is 1. The Hall–Kier alpha value is 0.177. The zero-order valence-electron chi connectivity index (χ0n) is 9.22. The van der Waals surface area contributed by atoms with E-state index in [-0.39, 0.29) is 6.10 Å². The molecule has 0 spiro atoms. The molecule has 12 heavy (non-hydrogen) atoms. The molecule has 0 amide bonds. The van der Waals surface area contributed by atoms with Crippen LogP contribution >= 0.6 is 0 Å². The molecule has 2 atom stereocenters. The van der Waals surface area contributed by atoms with Gasteiger partial charge in [0, 0.05) is 0 Å². The zero-order valence-corrected chi connectivity index (χ0v) is 10.2. The van der Waals surface area contributed by atoms with Crippen LogP contribution in [-0.4, -0.2) is 19.3 Å². The highest BCUT2D eigenvalue weighted by Gasteiger charge is 2.30. The van der Waals surface area contributed by atoms with Crippen molar-refractivity contribution >= 4 is 8.07 Å². The van der Waals surface area contributed by atoms with Crippen LogP contribution in [0.5, 0.6) is 0 Å². The maximum atomic E-state index is 9.82. The van der Waals surface area contributed by atoms with E-state index < -0.39 is 8.07 Å². The molecular weight excluding hydrogens is 164 g/mol. The van der Waals surface area contributed by atoms with Gasteiger partial charge in [-0.1, -0.05) is 46.3 Å². The van der Waals surface area contributed by atoms with E-state index in [1.54, 1.807) is 0 Å².